The zero-order valence-corrected chi connectivity index (χ0v) is 10.9. The highest BCUT2D eigenvalue weighted by molar-refractivity contribution is 5.98. The van der Waals surface area contributed by atoms with E-state index in [0.29, 0.717) is 19.4 Å². The molecular weight excluding hydrogens is 216 g/mol. The summed E-state index contributed by atoms with van der Waals surface area (Å²) in [4.78, 5) is 27.7. The van der Waals surface area contributed by atoms with Crippen molar-refractivity contribution in [1.29, 1.82) is 0 Å². The predicted octanol–water partition coefficient (Wildman–Crippen LogP) is 1.26. The van der Waals surface area contributed by atoms with Crippen molar-refractivity contribution in [2.75, 3.05) is 26.2 Å². The third-order valence-electron chi connectivity index (χ3n) is 4.33. The summed E-state index contributed by atoms with van der Waals surface area (Å²) in [5.74, 6) is 0.0717. The first-order valence-electron chi connectivity index (χ1n) is 6.66. The number of hydrogen-bond acceptors (Lipinski definition) is 3. The predicted molar refractivity (Wildman–Crippen MR) is 65.4 cm³/mol. The van der Waals surface area contributed by atoms with Crippen LogP contribution in [0.5, 0.6) is 0 Å². The van der Waals surface area contributed by atoms with Gasteiger partial charge in [0.2, 0.25) is 11.8 Å². The van der Waals surface area contributed by atoms with Crippen LogP contribution < -0.4 is 0 Å². The van der Waals surface area contributed by atoms with Gasteiger partial charge in [-0.05, 0) is 44.8 Å². The van der Waals surface area contributed by atoms with Gasteiger partial charge in [-0.3, -0.25) is 14.5 Å². The molecule has 2 fully saturated rings. The van der Waals surface area contributed by atoms with E-state index in [-0.39, 0.29) is 17.2 Å². The van der Waals surface area contributed by atoms with E-state index in [1.165, 1.54) is 4.90 Å². The highest BCUT2D eigenvalue weighted by Gasteiger charge is 2.44. The van der Waals surface area contributed by atoms with Gasteiger partial charge < -0.3 is 4.90 Å². The number of hydrogen-bond donors (Lipinski definition) is 0. The molecule has 0 saturated carbocycles. The van der Waals surface area contributed by atoms with Crippen LogP contribution >= 0.6 is 0 Å². The fraction of sp³-hybridized carbons (Fsp3) is 0.846. The van der Waals surface area contributed by atoms with Crippen LogP contribution in [0.2, 0.25) is 0 Å². The van der Waals surface area contributed by atoms with Gasteiger partial charge in [0.25, 0.3) is 0 Å². The topological polar surface area (TPSA) is 40.6 Å². The lowest BCUT2D eigenvalue weighted by Gasteiger charge is -2.45. The van der Waals surface area contributed by atoms with E-state index in [9.17, 15) is 9.59 Å². The molecule has 0 aromatic heterocycles. The van der Waals surface area contributed by atoms with Crippen LogP contribution in [0.4, 0.5) is 0 Å². The number of piperidine rings is 2. The zero-order valence-electron chi connectivity index (χ0n) is 10.9. The summed E-state index contributed by atoms with van der Waals surface area (Å²) in [6, 6.07) is 0. The summed E-state index contributed by atoms with van der Waals surface area (Å²) < 4.78 is 0. The molecule has 96 valence electrons. The van der Waals surface area contributed by atoms with Gasteiger partial charge in [0.1, 0.15) is 0 Å². The Balaban J connectivity index is 2.04. The number of amides is 2. The smallest absolute Gasteiger partial charge is 0.229 e. The maximum atomic E-state index is 12.0. The van der Waals surface area contributed by atoms with Crippen molar-refractivity contribution in [3.05, 3.63) is 0 Å². The van der Waals surface area contributed by atoms with Crippen LogP contribution in [-0.4, -0.2) is 47.8 Å². The van der Waals surface area contributed by atoms with E-state index >= 15 is 0 Å². The van der Waals surface area contributed by atoms with Crippen molar-refractivity contribution in [3.8, 4) is 0 Å². The summed E-state index contributed by atoms with van der Waals surface area (Å²) in [6.07, 6.45) is 3.14. The Hall–Kier alpha value is -0.900. The van der Waals surface area contributed by atoms with E-state index in [1.54, 1.807) is 0 Å². The average molecular weight is 238 g/mol. The molecule has 2 saturated heterocycles. The second kappa shape index (κ2) is 4.77. The lowest BCUT2D eigenvalue weighted by atomic mass is 9.70. The Bertz CT molecular complexity index is 299. The molecule has 0 atom stereocenters. The van der Waals surface area contributed by atoms with Gasteiger partial charge in [-0.1, -0.05) is 6.92 Å². The largest absolute Gasteiger partial charge is 0.304 e. The van der Waals surface area contributed by atoms with E-state index < -0.39 is 0 Å². The molecule has 0 aliphatic carbocycles. The third-order valence-corrected chi connectivity index (χ3v) is 4.33. The van der Waals surface area contributed by atoms with Gasteiger partial charge in [0, 0.05) is 19.4 Å². The molecule has 0 unspecified atom stereocenters. The molecule has 2 aliphatic heterocycles. The van der Waals surface area contributed by atoms with E-state index in [4.69, 9.17) is 0 Å². The first kappa shape index (κ1) is 12.6. The second-order valence-corrected chi connectivity index (χ2v) is 5.32. The molecule has 17 heavy (non-hydrogen) atoms. The van der Waals surface area contributed by atoms with Gasteiger partial charge in [-0.25, -0.2) is 0 Å². The molecular formula is C13H22N2O2. The van der Waals surface area contributed by atoms with E-state index in [1.807, 2.05) is 6.92 Å². The van der Waals surface area contributed by atoms with Crippen LogP contribution in [0.15, 0.2) is 0 Å². The number of likely N-dealkylation sites (tertiary alicyclic amines) is 2. The minimum absolute atomic E-state index is 0.0223. The Morgan fingerprint density at radius 3 is 1.94 bits per heavy atom. The Morgan fingerprint density at radius 2 is 1.53 bits per heavy atom. The van der Waals surface area contributed by atoms with Crippen molar-refractivity contribution in [2.45, 2.75) is 39.5 Å². The second-order valence-electron chi connectivity index (χ2n) is 5.32. The average Bonchev–Trinajstić information content (AvgIpc) is 2.29. The summed E-state index contributed by atoms with van der Waals surface area (Å²) >= 11 is 0. The molecule has 2 rings (SSSR count). The highest BCUT2D eigenvalue weighted by atomic mass is 16.2. The third kappa shape index (κ3) is 2.37. The fourth-order valence-electron chi connectivity index (χ4n) is 3.08. The Morgan fingerprint density at radius 1 is 1.00 bits per heavy atom. The number of rotatable bonds is 2. The van der Waals surface area contributed by atoms with E-state index in [2.05, 4.69) is 11.8 Å². The molecule has 2 amide bonds. The molecule has 1 spiro atoms. The first-order valence-corrected chi connectivity index (χ1v) is 6.66. The number of carbonyl (C=O) groups is 2. The van der Waals surface area contributed by atoms with Crippen molar-refractivity contribution < 1.29 is 9.59 Å². The van der Waals surface area contributed by atoms with Crippen molar-refractivity contribution in [2.24, 2.45) is 5.41 Å². The van der Waals surface area contributed by atoms with Gasteiger partial charge >= 0.3 is 0 Å². The molecule has 4 heteroatoms. The van der Waals surface area contributed by atoms with Crippen molar-refractivity contribution >= 4 is 11.8 Å². The lowest BCUT2D eigenvalue weighted by Crippen LogP contribution is -2.51. The molecule has 0 radical (unpaired) electrons. The molecule has 0 aromatic carbocycles. The summed E-state index contributed by atoms with van der Waals surface area (Å²) in [6.45, 7) is 7.68. The first-order chi connectivity index (χ1) is 8.10. The van der Waals surface area contributed by atoms with Gasteiger partial charge in [0.15, 0.2) is 0 Å². The van der Waals surface area contributed by atoms with Crippen LogP contribution in [0.25, 0.3) is 0 Å². The summed E-state index contributed by atoms with van der Waals surface area (Å²) in [7, 11) is 0. The monoisotopic (exact) mass is 238 g/mol. The highest BCUT2D eigenvalue weighted by Crippen LogP contribution is 2.42. The zero-order chi connectivity index (χ0) is 12.5. The van der Waals surface area contributed by atoms with E-state index in [0.717, 1.165) is 32.5 Å². The van der Waals surface area contributed by atoms with Crippen LogP contribution in [0.1, 0.15) is 39.5 Å². The van der Waals surface area contributed by atoms with Gasteiger partial charge in [-0.15, -0.1) is 0 Å². The SMILES string of the molecule is CCN1CCC2(CC1)CC(=O)N(CC)C(=O)C2. The normalized spacial score (nSPS) is 25.6. The molecule has 0 N–H and O–H groups in total. The molecule has 0 bridgehead atoms. The maximum absolute atomic E-state index is 12.0. The number of imide groups is 1. The fourth-order valence-corrected chi connectivity index (χ4v) is 3.08. The summed E-state index contributed by atoms with van der Waals surface area (Å²) in [5, 5.41) is 0. The molecule has 2 aliphatic rings. The molecule has 0 aromatic rings. The van der Waals surface area contributed by atoms with Crippen molar-refractivity contribution in [1.82, 2.24) is 9.80 Å². The minimum Gasteiger partial charge on any atom is -0.304 e. The lowest BCUT2D eigenvalue weighted by molar-refractivity contribution is -0.154. The Labute approximate surface area is 103 Å². The van der Waals surface area contributed by atoms with Crippen LogP contribution in [0.3, 0.4) is 0 Å². The van der Waals surface area contributed by atoms with Crippen LogP contribution in [-0.2, 0) is 9.59 Å². The Kier molecular flexibility index (Phi) is 3.52. The number of nitrogens with zero attached hydrogens (tertiary/aromatic N) is 2. The minimum atomic E-state index is -0.0223. The number of carbonyl (C=O) groups excluding carboxylic acids is 2. The quantitative estimate of drug-likeness (QED) is 0.680. The summed E-state index contributed by atoms with van der Waals surface area (Å²) in [5.41, 5.74) is -0.0223. The van der Waals surface area contributed by atoms with Gasteiger partial charge in [0.05, 0.1) is 0 Å². The van der Waals surface area contributed by atoms with Crippen molar-refractivity contribution in [3.63, 3.8) is 0 Å². The molecule has 2 heterocycles. The molecule has 4 nitrogen and oxygen atoms in total. The standard InChI is InChI=1S/C13H22N2O2/c1-3-14-7-5-13(6-8-14)9-11(16)15(4-2)12(17)10-13/h3-10H2,1-2H3. The van der Waals surface area contributed by atoms with Crippen LogP contribution in [0, 0.1) is 5.41 Å². The van der Waals surface area contributed by atoms with Gasteiger partial charge in [-0.2, -0.15) is 0 Å². The maximum Gasteiger partial charge on any atom is 0.229 e.